The molecule has 0 aliphatic carbocycles. The summed E-state index contributed by atoms with van der Waals surface area (Å²) in [6.07, 6.45) is 0.831. The zero-order chi connectivity index (χ0) is 13.7. The molecule has 0 radical (unpaired) electrons. The van der Waals surface area contributed by atoms with Crippen LogP contribution in [0.25, 0.3) is 0 Å². The van der Waals surface area contributed by atoms with Gasteiger partial charge >= 0.3 is 0 Å². The average molecular weight is 276 g/mol. The van der Waals surface area contributed by atoms with E-state index in [0.29, 0.717) is 23.9 Å². The summed E-state index contributed by atoms with van der Waals surface area (Å²) in [4.78, 5) is 0. The Morgan fingerprint density at radius 2 is 1.95 bits per heavy atom. The number of nitrogens with two attached hydrogens (primary N) is 1. The molecule has 0 aliphatic heterocycles. The second kappa shape index (κ2) is 6.60. The summed E-state index contributed by atoms with van der Waals surface area (Å²) >= 11 is 6.21. The van der Waals surface area contributed by atoms with Gasteiger partial charge in [-0.05, 0) is 48.7 Å². The molecule has 2 nitrogen and oxygen atoms in total. The summed E-state index contributed by atoms with van der Waals surface area (Å²) in [5.41, 5.74) is 9.05. The average Bonchev–Trinajstić information content (AvgIpc) is 2.40. The first-order chi connectivity index (χ1) is 9.20. The second-order valence-electron chi connectivity index (χ2n) is 4.52. The number of benzene rings is 2. The van der Waals surface area contributed by atoms with Gasteiger partial charge in [0, 0.05) is 0 Å². The Balaban J connectivity index is 2.06. The molecule has 2 aromatic carbocycles. The fraction of sp³-hybridized carbons (Fsp3) is 0.250. The van der Waals surface area contributed by atoms with Gasteiger partial charge in [0.25, 0.3) is 0 Å². The van der Waals surface area contributed by atoms with Gasteiger partial charge in [-0.25, -0.2) is 0 Å². The Bertz CT molecular complexity index is 554. The molecular weight excluding hydrogens is 258 g/mol. The molecule has 2 rings (SSSR count). The summed E-state index contributed by atoms with van der Waals surface area (Å²) in [6.45, 7) is 3.23. The van der Waals surface area contributed by atoms with Crippen molar-refractivity contribution in [3.63, 3.8) is 0 Å². The third-order valence-corrected chi connectivity index (χ3v) is 3.37. The molecule has 0 amide bonds. The summed E-state index contributed by atoms with van der Waals surface area (Å²) in [6, 6.07) is 14.0. The van der Waals surface area contributed by atoms with E-state index in [0.717, 1.165) is 12.0 Å². The lowest BCUT2D eigenvalue weighted by molar-refractivity contribution is 0.305. The van der Waals surface area contributed by atoms with Crippen LogP contribution in [0, 0.1) is 6.92 Å². The predicted octanol–water partition coefficient (Wildman–Crippen LogP) is 3.73. The lowest BCUT2D eigenvalue weighted by Crippen LogP contribution is -2.03. The van der Waals surface area contributed by atoms with Crippen LogP contribution >= 0.6 is 11.6 Å². The van der Waals surface area contributed by atoms with Crippen LogP contribution in [-0.4, -0.2) is 6.54 Å². The second-order valence-corrected chi connectivity index (χ2v) is 4.93. The van der Waals surface area contributed by atoms with Crippen molar-refractivity contribution in [2.24, 2.45) is 5.73 Å². The number of ether oxygens (including phenoxy) is 1. The fourth-order valence-electron chi connectivity index (χ4n) is 1.91. The predicted molar refractivity (Wildman–Crippen MR) is 79.7 cm³/mol. The van der Waals surface area contributed by atoms with Crippen LogP contribution in [0.5, 0.6) is 5.75 Å². The molecule has 0 atom stereocenters. The quantitative estimate of drug-likeness (QED) is 0.902. The van der Waals surface area contributed by atoms with Crippen LogP contribution in [0.3, 0.4) is 0 Å². The summed E-state index contributed by atoms with van der Waals surface area (Å²) in [5.74, 6) is 0.714. The summed E-state index contributed by atoms with van der Waals surface area (Å²) < 4.78 is 5.77. The largest absolute Gasteiger partial charge is 0.487 e. The van der Waals surface area contributed by atoms with Gasteiger partial charge in [0.2, 0.25) is 0 Å². The number of aryl methyl sites for hydroxylation is 1. The normalized spacial score (nSPS) is 10.5. The highest BCUT2D eigenvalue weighted by Crippen LogP contribution is 2.26. The maximum absolute atomic E-state index is 6.21. The monoisotopic (exact) mass is 275 g/mol. The lowest BCUT2D eigenvalue weighted by Gasteiger charge is -2.11. The van der Waals surface area contributed by atoms with Crippen molar-refractivity contribution in [2.45, 2.75) is 20.0 Å². The number of halogens is 1. The molecule has 0 saturated carbocycles. The SMILES string of the molecule is Cc1ccccc1COc1ccc(CCN)cc1Cl. The van der Waals surface area contributed by atoms with Crippen LogP contribution in [0.4, 0.5) is 0 Å². The molecule has 100 valence electrons. The molecular formula is C16H18ClNO. The van der Waals surface area contributed by atoms with Crippen molar-refractivity contribution in [3.05, 3.63) is 64.2 Å². The zero-order valence-corrected chi connectivity index (χ0v) is 11.8. The van der Waals surface area contributed by atoms with Gasteiger partial charge in [0.15, 0.2) is 0 Å². The van der Waals surface area contributed by atoms with E-state index in [4.69, 9.17) is 22.1 Å². The van der Waals surface area contributed by atoms with E-state index in [1.165, 1.54) is 11.1 Å². The third-order valence-electron chi connectivity index (χ3n) is 3.07. The van der Waals surface area contributed by atoms with Gasteiger partial charge in [-0.3, -0.25) is 0 Å². The van der Waals surface area contributed by atoms with E-state index in [-0.39, 0.29) is 0 Å². The van der Waals surface area contributed by atoms with Crippen molar-refractivity contribution < 1.29 is 4.74 Å². The molecule has 2 aromatic rings. The molecule has 0 fully saturated rings. The maximum Gasteiger partial charge on any atom is 0.138 e. The number of rotatable bonds is 5. The van der Waals surface area contributed by atoms with Crippen LogP contribution in [0.15, 0.2) is 42.5 Å². The molecule has 0 saturated heterocycles. The highest BCUT2D eigenvalue weighted by Gasteiger charge is 2.04. The van der Waals surface area contributed by atoms with Crippen LogP contribution < -0.4 is 10.5 Å². The van der Waals surface area contributed by atoms with Gasteiger partial charge in [-0.15, -0.1) is 0 Å². The van der Waals surface area contributed by atoms with Gasteiger partial charge in [0.1, 0.15) is 12.4 Å². The number of hydrogen-bond donors (Lipinski definition) is 1. The van der Waals surface area contributed by atoms with Gasteiger partial charge in [0.05, 0.1) is 5.02 Å². The molecule has 0 aromatic heterocycles. The Morgan fingerprint density at radius 3 is 2.63 bits per heavy atom. The lowest BCUT2D eigenvalue weighted by atomic mass is 10.1. The van der Waals surface area contributed by atoms with Crippen molar-refractivity contribution >= 4 is 11.6 Å². The molecule has 0 bridgehead atoms. The van der Waals surface area contributed by atoms with E-state index < -0.39 is 0 Å². The summed E-state index contributed by atoms with van der Waals surface area (Å²) in [5, 5.41) is 0.638. The van der Waals surface area contributed by atoms with Crippen molar-refractivity contribution in [2.75, 3.05) is 6.54 Å². The minimum absolute atomic E-state index is 0.530. The highest BCUT2D eigenvalue weighted by atomic mass is 35.5. The molecule has 19 heavy (non-hydrogen) atoms. The topological polar surface area (TPSA) is 35.2 Å². The van der Waals surface area contributed by atoms with Crippen LogP contribution in [0.2, 0.25) is 5.02 Å². The first kappa shape index (κ1) is 13.9. The fourth-order valence-corrected chi connectivity index (χ4v) is 2.17. The van der Waals surface area contributed by atoms with E-state index >= 15 is 0 Å². The van der Waals surface area contributed by atoms with Gasteiger partial charge < -0.3 is 10.5 Å². The molecule has 3 heteroatoms. The molecule has 0 spiro atoms. The standard InChI is InChI=1S/C16H18ClNO/c1-12-4-2-3-5-14(12)11-19-16-7-6-13(8-9-18)10-15(16)17/h2-7,10H,8-9,11,18H2,1H3. The molecule has 0 aliphatic rings. The highest BCUT2D eigenvalue weighted by molar-refractivity contribution is 6.32. The molecule has 2 N–H and O–H groups in total. The zero-order valence-electron chi connectivity index (χ0n) is 11.0. The smallest absolute Gasteiger partial charge is 0.138 e. The Labute approximate surface area is 119 Å². The number of hydrogen-bond acceptors (Lipinski definition) is 2. The first-order valence-corrected chi connectivity index (χ1v) is 6.74. The van der Waals surface area contributed by atoms with E-state index in [9.17, 15) is 0 Å². The minimum atomic E-state index is 0.530. The molecule has 0 heterocycles. The van der Waals surface area contributed by atoms with Crippen molar-refractivity contribution in [1.29, 1.82) is 0 Å². The minimum Gasteiger partial charge on any atom is -0.487 e. The van der Waals surface area contributed by atoms with E-state index in [1.807, 2.05) is 30.3 Å². The summed E-state index contributed by atoms with van der Waals surface area (Å²) in [7, 11) is 0. The van der Waals surface area contributed by atoms with Crippen LogP contribution in [-0.2, 0) is 13.0 Å². The van der Waals surface area contributed by atoms with Crippen molar-refractivity contribution in [1.82, 2.24) is 0 Å². The van der Waals surface area contributed by atoms with Crippen molar-refractivity contribution in [3.8, 4) is 5.75 Å². The Morgan fingerprint density at radius 1 is 1.16 bits per heavy atom. The van der Waals surface area contributed by atoms with Gasteiger partial charge in [-0.2, -0.15) is 0 Å². The van der Waals surface area contributed by atoms with E-state index in [1.54, 1.807) is 0 Å². The van der Waals surface area contributed by atoms with Crippen LogP contribution in [0.1, 0.15) is 16.7 Å². The molecule has 0 unspecified atom stereocenters. The maximum atomic E-state index is 6.21. The Kier molecular flexibility index (Phi) is 4.83. The van der Waals surface area contributed by atoms with E-state index in [2.05, 4.69) is 19.1 Å². The van der Waals surface area contributed by atoms with Gasteiger partial charge in [-0.1, -0.05) is 41.9 Å². The third kappa shape index (κ3) is 3.72. The Hall–Kier alpha value is -1.51. The first-order valence-electron chi connectivity index (χ1n) is 6.36.